The van der Waals surface area contributed by atoms with Crippen molar-refractivity contribution < 1.29 is 9.53 Å². The Morgan fingerprint density at radius 1 is 1.16 bits per heavy atom. The van der Waals surface area contributed by atoms with Crippen LogP contribution in [0.1, 0.15) is 13.8 Å². The van der Waals surface area contributed by atoms with Gasteiger partial charge in [0.2, 0.25) is 5.91 Å². The maximum atomic E-state index is 12.4. The maximum absolute atomic E-state index is 12.4. The summed E-state index contributed by atoms with van der Waals surface area (Å²) in [5.74, 6) is 1.12. The number of ether oxygens (including phenoxy) is 1. The van der Waals surface area contributed by atoms with Crippen LogP contribution >= 0.6 is 0 Å². The minimum Gasteiger partial charge on any atom is -0.492 e. The van der Waals surface area contributed by atoms with Crippen molar-refractivity contribution in [1.82, 2.24) is 14.7 Å². The molecule has 1 saturated heterocycles. The van der Waals surface area contributed by atoms with Crippen LogP contribution < -0.4 is 4.74 Å². The molecule has 1 heterocycles. The lowest BCUT2D eigenvalue weighted by atomic mass is 10.2. The van der Waals surface area contributed by atoms with Crippen LogP contribution in [0.25, 0.3) is 0 Å². The van der Waals surface area contributed by atoms with Gasteiger partial charge in [0.25, 0.3) is 0 Å². The highest BCUT2D eigenvalue weighted by atomic mass is 16.5. The predicted octanol–water partition coefficient (Wildman–Crippen LogP) is 2.11. The van der Waals surface area contributed by atoms with Gasteiger partial charge >= 0.3 is 0 Å². The van der Waals surface area contributed by atoms with Crippen LogP contribution in [-0.4, -0.2) is 79.6 Å². The molecule has 0 saturated carbocycles. The van der Waals surface area contributed by atoms with Crippen molar-refractivity contribution in [3.8, 4) is 5.75 Å². The molecular formula is C20H31N3O2. The van der Waals surface area contributed by atoms with Crippen LogP contribution in [0.3, 0.4) is 0 Å². The quantitative estimate of drug-likeness (QED) is 0.642. The molecule has 1 aromatic rings. The van der Waals surface area contributed by atoms with E-state index in [0.717, 1.165) is 50.6 Å². The smallest absolute Gasteiger partial charge is 0.237 e. The monoisotopic (exact) mass is 345 g/mol. The van der Waals surface area contributed by atoms with Crippen molar-refractivity contribution >= 4 is 5.91 Å². The van der Waals surface area contributed by atoms with E-state index in [2.05, 4.69) is 16.4 Å². The Bertz CT molecular complexity index is 539. The molecule has 0 spiro atoms. The normalized spacial score (nSPS) is 15.8. The van der Waals surface area contributed by atoms with E-state index >= 15 is 0 Å². The van der Waals surface area contributed by atoms with E-state index in [1.54, 1.807) is 0 Å². The van der Waals surface area contributed by atoms with Gasteiger partial charge in [-0.3, -0.25) is 14.6 Å². The second-order valence-corrected chi connectivity index (χ2v) is 6.64. The molecule has 1 aliphatic heterocycles. The molecule has 1 aliphatic rings. The van der Waals surface area contributed by atoms with Gasteiger partial charge < -0.3 is 9.64 Å². The number of hydrogen-bond acceptors (Lipinski definition) is 4. The molecule has 0 bridgehead atoms. The lowest BCUT2D eigenvalue weighted by molar-refractivity contribution is -0.132. The Hall–Kier alpha value is -1.85. The van der Waals surface area contributed by atoms with Crippen molar-refractivity contribution in [2.45, 2.75) is 13.8 Å². The van der Waals surface area contributed by atoms with E-state index in [9.17, 15) is 4.79 Å². The minimum atomic E-state index is 0.200. The maximum Gasteiger partial charge on any atom is 0.237 e. The van der Waals surface area contributed by atoms with Gasteiger partial charge in [0, 0.05) is 45.8 Å². The molecule has 1 amide bonds. The number of nitrogens with zero attached hydrogens (tertiary/aromatic N) is 3. The molecule has 138 valence electrons. The summed E-state index contributed by atoms with van der Waals surface area (Å²) in [5.41, 5.74) is 1.03. The Kier molecular flexibility index (Phi) is 7.95. The van der Waals surface area contributed by atoms with E-state index in [-0.39, 0.29) is 5.91 Å². The van der Waals surface area contributed by atoms with Crippen LogP contribution in [0, 0.1) is 0 Å². The van der Waals surface area contributed by atoms with Gasteiger partial charge in [0.05, 0.1) is 6.54 Å². The third kappa shape index (κ3) is 6.88. The van der Waals surface area contributed by atoms with Crippen molar-refractivity contribution in [2.75, 3.05) is 59.0 Å². The molecule has 25 heavy (non-hydrogen) atoms. The highest BCUT2D eigenvalue weighted by Crippen LogP contribution is 2.09. The Balaban J connectivity index is 1.65. The zero-order valence-electron chi connectivity index (χ0n) is 15.6. The molecule has 0 aromatic heterocycles. The van der Waals surface area contributed by atoms with Gasteiger partial charge in [0.15, 0.2) is 0 Å². The summed E-state index contributed by atoms with van der Waals surface area (Å²) in [6, 6.07) is 9.92. The number of carbonyl (C=O) groups excluding carboxylic acids is 1. The largest absolute Gasteiger partial charge is 0.492 e. The minimum absolute atomic E-state index is 0.200. The van der Waals surface area contributed by atoms with Crippen LogP contribution in [0.5, 0.6) is 5.75 Å². The molecule has 5 heteroatoms. The molecule has 0 unspecified atom stereocenters. The summed E-state index contributed by atoms with van der Waals surface area (Å²) in [4.78, 5) is 18.9. The zero-order valence-corrected chi connectivity index (χ0v) is 15.6. The first kappa shape index (κ1) is 19.5. The molecule has 2 rings (SSSR count). The lowest BCUT2D eigenvalue weighted by Crippen LogP contribution is -2.50. The summed E-state index contributed by atoms with van der Waals surface area (Å²) in [5, 5.41) is 0. The van der Waals surface area contributed by atoms with Gasteiger partial charge in [-0.05, 0) is 26.0 Å². The average Bonchev–Trinajstić information content (AvgIpc) is 2.62. The van der Waals surface area contributed by atoms with Crippen molar-refractivity contribution in [1.29, 1.82) is 0 Å². The lowest BCUT2D eigenvalue weighted by Gasteiger charge is -2.35. The Morgan fingerprint density at radius 3 is 2.40 bits per heavy atom. The van der Waals surface area contributed by atoms with Gasteiger partial charge in [-0.1, -0.05) is 30.4 Å². The Labute approximate surface area is 151 Å². The fourth-order valence-electron chi connectivity index (χ4n) is 2.97. The van der Waals surface area contributed by atoms with Crippen LogP contribution in [-0.2, 0) is 4.79 Å². The van der Waals surface area contributed by atoms with Gasteiger partial charge in [0.1, 0.15) is 12.4 Å². The fourth-order valence-corrected chi connectivity index (χ4v) is 2.97. The molecule has 0 N–H and O–H groups in total. The second-order valence-electron chi connectivity index (χ2n) is 6.64. The molecular weight excluding hydrogens is 314 g/mol. The van der Waals surface area contributed by atoms with Crippen LogP contribution in [0.2, 0.25) is 0 Å². The first-order valence-corrected chi connectivity index (χ1v) is 9.13. The molecule has 0 atom stereocenters. The first-order chi connectivity index (χ1) is 12.1. The molecule has 5 nitrogen and oxygen atoms in total. The third-order valence-electron chi connectivity index (χ3n) is 4.44. The number of likely N-dealkylation sites (N-methyl/N-ethyl adjacent to an activating group) is 1. The van der Waals surface area contributed by atoms with Crippen molar-refractivity contribution in [3.05, 3.63) is 42.5 Å². The number of para-hydroxylation sites is 1. The summed E-state index contributed by atoms with van der Waals surface area (Å²) >= 11 is 0. The molecule has 0 aliphatic carbocycles. The van der Waals surface area contributed by atoms with Crippen molar-refractivity contribution in [3.63, 3.8) is 0 Å². The SMILES string of the molecule is C=C(C)CN(CC)C(=O)CN1CCN(CCOc2ccccc2)CC1. The molecule has 1 fully saturated rings. The summed E-state index contributed by atoms with van der Waals surface area (Å²) < 4.78 is 5.76. The first-order valence-electron chi connectivity index (χ1n) is 9.13. The number of carbonyl (C=O) groups is 1. The predicted molar refractivity (Wildman–Crippen MR) is 102 cm³/mol. The van der Waals surface area contributed by atoms with E-state index in [1.165, 1.54) is 0 Å². The summed E-state index contributed by atoms with van der Waals surface area (Å²) in [6.45, 7) is 15.3. The highest BCUT2D eigenvalue weighted by molar-refractivity contribution is 5.78. The van der Waals surface area contributed by atoms with E-state index in [0.29, 0.717) is 19.7 Å². The second kappa shape index (κ2) is 10.2. The number of rotatable bonds is 9. The number of piperazine rings is 1. The van der Waals surface area contributed by atoms with Crippen molar-refractivity contribution in [2.24, 2.45) is 0 Å². The standard InChI is InChI=1S/C20H31N3O2/c1-4-23(16-18(2)3)20(24)17-22-12-10-21(11-13-22)14-15-25-19-8-6-5-7-9-19/h5-9H,2,4,10-17H2,1,3H3. The number of amides is 1. The summed E-state index contributed by atoms with van der Waals surface area (Å²) in [6.07, 6.45) is 0. The highest BCUT2D eigenvalue weighted by Gasteiger charge is 2.21. The van der Waals surface area contributed by atoms with Gasteiger partial charge in [-0.25, -0.2) is 0 Å². The van der Waals surface area contributed by atoms with Crippen LogP contribution in [0.15, 0.2) is 42.5 Å². The topological polar surface area (TPSA) is 36.0 Å². The number of benzene rings is 1. The molecule has 0 radical (unpaired) electrons. The van der Waals surface area contributed by atoms with E-state index < -0.39 is 0 Å². The zero-order chi connectivity index (χ0) is 18.1. The average molecular weight is 345 g/mol. The fraction of sp³-hybridized carbons (Fsp3) is 0.550. The van der Waals surface area contributed by atoms with Crippen LogP contribution in [0.4, 0.5) is 0 Å². The number of hydrogen-bond donors (Lipinski definition) is 0. The van der Waals surface area contributed by atoms with Gasteiger partial charge in [-0.2, -0.15) is 0 Å². The third-order valence-corrected chi connectivity index (χ3v) is 4.44. The van der Waals surface area contributed by atoms with E-state index in [4.69, 9.17) is 4.74 Å². The Morgan fingerprint density at radius 2 is 1.80 bits per heavy atom. The summed E-state index contributed by atoms with van der Waals surface area (Å²) in [7, 11) is 0. The van der Waals surface area contributed by atoms with Gasteiger partial charge in [-0.15, -0.1) is 0 Å². The molecule has 1 aromatic carbocycles. The van der Waals surface area contributed by atoms with E-state index in [1.807, 2.05) is 49.1 Å².